The molecule has 0 radical (unpaired) electrons. The zero-order chi connectivity index (χ0) is 22.0. The van der Waals surface area contributed by atoms with Gasteiger partial charge in [-0.15, -0.1) is 0 Å². The molecule has 1 aromatic heterocycles. The van der Waals surface area contributed by atoms with E-state index in [0.29, 0.717) is 18.3 Å². The molecule has 4 aromatic rings. The van der Waals surface area contributed by atoms with Gasteiger partial charge in [0.25, 0.3) is 5.89 Å². The van der Waals surface area contributed by atoms with Crippen LogP contribution in [0.2, 0.25) is 0 Å². The van der Waals surface area contributed by atoms with Crippen molar-refractivity contribution in [1.82, 2.24) is 10.1 Å². The summed E-state index contributed by atoms with van der Waals surface area (Å²) >= 11 is 0. The smallest absolute Gasteiger partial charge is 0.258 e. The average Bonchev–Trinajstić information content (AvgIpc) is 3.34. The fraction of sp³-hybridized carbons (Fsp3) is 0.259. The molecule has 3 aromatic carbocycles. The molecule has 0 saturated heterocycles. The monoisotopic (exact) mass is 428 g/mol. The molecule has 0 bridgehead atoms. The van der Waals surface area contributed by atoms with Crippen LogP contribution >= 0.6 is 0 Å². The van der Waals surface area contributed by atoms with Crippen LogP contribution in [0.15, 0.2) is 83.4 Å². The molecule has 32 heavy (non-hydrogen) atoms. The van der Waals surface area contributed by atoms with Crippen molar-refractivity contribution in [3.8, 4) is 34.3 Å². The lowest BCUT2D eigenvalue weighted by Gasteiger charge is -2.06. The second-order valence-corrected chi connectivity index (χ2v) is 7.66. The van der Waals surface area contributed by atoms with Gasteiger partial charge in [-0.25, -0.2) is 0 Å². The zero-order valence-corrected chi connectivity index (χ0v) is 18.4. The van der Waals surface area contributed by atoms with E-state index < -0.39 is 0 Å². The van der Waals surface area contributed by atoms with E-state index in [0.717, 1.165) is 41.2 Å². The maximum absolute atomic E-state index is 5.84. The van der Waals surface area contributed by atoms with Gasteiger partial charge in [0.1, 0.15) is 18.1 Å². The summed E-state index contributed by atoms with van der Waals surface area (Å²) in [5, 5.41) is 4.13. The number of aromatic nitrogens is 2. The van der Waals surface area contributed by atoms with Crippen molar-refractivity contribution in [2.45, 2.75) is 39.2 Å². The predicted molar refractivity (Wildman–Crippen MR) is 126 cm³/mol. The second-order valence-electron chi connectivity index (χ2n) is 7.66. The third kappa shape index (κ3) is 5.97. The van der Waals surface area contributed by atoms with Gasteiger partial charge in [0.2, 0.25) is 5.82 Å². The van der Waals surface area contributed by atoms with Gasteiger partial charge >= 0.3 is 0 Å². The van der Waals surface area contributed by atoms with Gasteiger partial charge in [-0.05, 0) is 60.5 Å². The quantitative estimate of drug-likeness (QED) is 0.242. The van der Waals surface area contributed by atoms with Crippen molar-refractivity contribution >= 4 is 0 Å². The molecule has 0 aliphatic heterocycles. The lowest BCUT2D eigenvalue weighted by Crippen LogP contribution is -1.96. The summed E-state index contributed by atoms with van der Waals surface area (Å²) in [5.41, 5.74) is 2.87. The minimum Gasteiger partial charge on any atom is -0.494 e. The van der Waals surface area contributed by atoms with E-state index in [1.165, 1.54) is 19.3 Å². The summed E-state index contributed by atoms with van der Waals surface area (Å²) in [4.78, 5) is 4.54. The maximum atomic E-state index is 5.84. The molecule has 0 aliphatic carbocycles. The van der Waals surface area contributed by atoms with Crippen LogP contribution in [0.4, 0.5) is 0 Å². The number of rotatable bonds is 11. The van der Waals surface area contributed by atoms with Crippen molar-refractivity contribution < 1.29 is 14.0 Å². The highest BCUT2D eigenvalue weighted by Gasteiger charge is 2.11. The first-order valence-corrected chi connectivity index (χ1v) is 11.2. The summed E-state index contributed by atoms with van der Waals surface area (Å²) in [7, 11) is 0. The Balaban J connectivity index is 1.33. The average molecular weight is 429 g/mol. The van der Waals surface area contributed by atoms with Crippen LogP contribution in [0.1, 0.15) is 38.2 Å². The van der Waals surface area contributed by atoms with Gasteiger partial charge in [-0.1, -0.05) is 61.7 Å². The zero-order valence-electron chi connectivity index (χ0n) is 18.4. The molecule has 0 saturated carbocycles. The van der Waals surface area contributed by atoms with E-state index in [1.807, 2.05) is 78.9 Å². The predicted octanol–water partition coefficient (Wildman–Crippen LogP) is 6.94. The highest BCUT2D eigenvalue weighted by atomic mass is 16.5. The Morgan fingerprint density at radius 3 is 2.12 bits per heavy atom. The van der Waals surface area contributed by atoms with E-state index >= 15 is 0 Å². The first-order valence-electron chi connectivity index (χ1n) is 11.2. The van der Waals surface area contributed by atoms with Gasteiger partial charge < -0.3 is 14.0 Å². The van der Waals surface area contributed by atoms with E-state index in [9.17, 15) is 0 Å². The number of unbranched alkanes of at least 4 members (excludes halogenated alkanes) is 3. The van der Waals surface area contributed by atoms with Crippen LogP contribution < -0.4 is 9.47 Å². The number of benzene rings is 3. The first kappa shape index (κ1) is 21.6. The van der Waals surface area contributed by atoms with E-state index in [2.05, 4.69) is 17.1 Å². The summed E-state index contributed by atoms with van der Waals surface area (Å²) in [6.45, 7) is 3.49. The van der Waals surface area contributed by atoms with Crippen LogP contribution in [-0.4, -0.2) is 16.7 Å². The minimum atomic E-state index is 0.485. The Hall–Kier alpha value is -3.60. The first-order chi connectivity index (χ1) is 15.8. The molecule has 5 nitrogen and oxygen atoms in total. The fourth-order valence-corrected chi connectivity index (χ4v) is 3.31. The lowest BCUT2D eigenvalue weighted by molar-refractivity contribution is 0.305. The van der Waals surface area contributed by atoms with Crippen LogP contribution in [0.3, 0.4) is 0 Å². The molecule has 1 heterocycles. The minimum absolute atomic E-state index is 0.485. The number of ether oxygens (including phenoxy) is 2. The van der Waals surface area contributed by atoms with Crippen molar-refractivity contribution in [2.75, 3.05) is 6.61 Å². The number of hydrogen-bond acceptors (Lipinski definition) is 5. The van der Waals surface area contributed by atoms with Crippen molar-refractivity contribution in [1.29, 1.82) is 0 Å². The molecule has 0 N–H and O–H groups in total. The largest absolute Gasteiger partial charge is 0.494 e. The van der Waals surface area contributed by atoms with Crippen molar-refractivity contribution in [3.63, 3.8) is 0 Å². The molecule has 0 aliphatic rings. The van der Waals surface area contributed by atoms with Crippen LogP contribution in [-0.2, 0) is 6.61 Å². The standard InChI is InChI=1S/C27H28N2O3/c1-2-3-4-8-19-30-24-17-13-23(14-18-24)27-28-26(29-32-27)22-11-15-25(16-12-22)31-20-21-9-6-5-7-10-21/h5-7,9-18H,2-4,8,19-20H2,1H3. The summed E-state index contributed by atoms with van der Waals surface area (Å²) in [6, 6.07) is 25.6. The highest BCUT2D eigenvalue weighted by Crippen LogP contribution is 2.25. The number of nitrogens with zero attached hydrogens (tertiary/aromatic N) is 2. The second kappa shape index (κ2) is 11.1. The van der Waals surface area contributed by atoms with Crippen LogP contribution in [0, 0.1) is 0 Å². The lowest BCUT2D eigenvalue weighted by atomic mass is 10.2. The highest BCUT2D eigenvalue weighted by molar-refractivity contribution is 5.60. The third-order valence-corrected chi connectivity index (χ3v) is 5.15. The molecule has 0 atom stereocenters. The molecule has 0 amide bonds. The molecule has 4 rings (SSSR count). The fourth-order valence-electron chi connectivity index (χ4n) is 3.31. The Morgan fingerprint density at radius 1 is 0.719 bits per heavy atom. The molecular weight excluding hydrogens is 400 g/mol. The summed E-state index contributed by atoms with van der Waals surface area (Å²) in [6.07, 6.45) is 4.77. The van der Waals surface area contributed by atoms with Crippen molar-refractivity contribution in [3.05, 3.63) is 84.4 Å². The molecule has 0 fully saturated rings. The number of hydrogen-bond donors (Lipinski definition) is 0. The van der Waals surface area contributed by atoms with Crippen molar-refractivity contribution in [2.24, 2.45) is 0 Å². The van der Waals surface area contributed by atoms with Gasteiger partial charge in [0.05, 0.1) is 6.61 Å². The van der Waals surface area contributed by atoms with Gasteiger partial charge in [-0.3, -0.25) is 0 Å². The topological polar surface area (TPSA) is 57.4 Å². The third-order valence-electron chi connectivity index (χ3n) is 5.15. The van der Waals surface area contributed by atoms with E-state index in [1.54, 1.807) is 0 Å². The molecule has 5 heteroatoms. The molecule has 0 unspecified atom stereocenters. The van der Waals surface area contributed by atoms with E-state index in [-0.39, 0.29) is 0 Å². The van der Waals surface area contributed by atoms with Crippen LogP contribution in [0.25, 0.3) is 22.8 Å². The Bertz CT molecular complexity index is 1070. The van der Waals surface area contributed by atoms with Gasteiger partial charge in [0, 0.05) is 11.1 Å². The molecule has 164 valence electrons. The maximum Gasteiger partial charge on any atom is 0.258 e. The normalized spacial score (nSPS) is 10.8. The molecular formula is C27H28N2O3. The Kier molecular flexibility index (Phi) is 7.53. The van der Waals surface area contributed by atoms with E-state index in [4.69, 9.17) is 14.0 Å². The van der Waals surface area contributed by atoms with Gasteiger partial charge in [-0.2, -0.15) is 4.98 Å². The van der Waals surface area contributed by atoms with Crippen LogP contribution in [0.5, 0.6) is 11.5 Å². The Morgan fingerprint density at radius 2 is 1.41 bits per heavy atom. The summed E-state index contributed by atoms with van der Waals surface area (Å²) < 4.78 is 17.1. The SMILES string of the molecule is CCCCCCOc1ccc(-c2nc(-c3ccc(OCc4ccccc4)cc3)no2)cc1. The van der Waals surface area contributed by atoms with Gasteiger partial charge in [0.15, 0.2) is 0 Å². The summed E-state index contributed by atoms with van der Waals surface area (Å²) in [5.74, 6) is 2.69. The molecule has 0 spiro atoms. The Labute approximate surface area is 189 Å².